The van der Waals surface area contributed by atoms with Crippen LogP contribution in [0.3, 0.4) is 0 Å². The fraction of sp³-hybridized carbons (Fsp3) is 0.812. The molecule has 5 nitrogen and oxygen atoms in total. The van der Waals surface area contributed by atoms with Crippen molar-refractivity contribution in [1.29, 1.82) is 0 Å². The fourth-order valence-corrected chi connectivity index (χ4v) is 3.73. The van der Waals surface area contributed by atoms with Crippen LogP contribution in [0.4, 0.5) is 0 Å². The largest absolute Gasteiger partial charge is 0.271 e. The molecule has 0 unspecified atom stereocenters. The van der Waals surface area contributed by atoms with Crippen molar-refractivity contribution in [2.45, 2.75) is 83.6 Å². The van der Waals surface area contributed by atoms with Gasteiger partial charge in [0.1, 0.15) is 4.90 Å². The van der Waals surface area contributed by atoms with Gasteiger partial charge in [-0.3, -0.25) is 4.68 Å². The Labute approximate surface area is 135 Å². The number of nitrogens with one attached hydrogen (secondary N) is 1. The molecule has 1 N–H and O–H groups in total. The van der Waals surface area contributed by atoms with Crippen molar-refractivity contribution in [3.63, 3.8) is 0 Å². The van der Waals surface area contributed by atoms with Gasteiger partial charge in [0.2, 0.25) is 10.0 Å². The van der Waals surface area contributed by atoms with Crippen LogP contribution in [-0.2, 0) is 16.6 Å². The smallest absolute Gasteiger partial charge is 0.243 e. The summed E-state index contributed by atoms with van der Waals surface area (Å²) in [7, 11) is -3.42. The summed E-state index contributed by atoms with van der Waals surface area (Å²) in [4.78, 5) is 0.300. The molecule has 0 amide bonds. The van der Waals surface area contributed by atoms with Crippen LogP contribution in [0.2, 0.25) is 0 Å². The van der Waals surface area contributed by atoms with Crippen LogP contribution in [-0.4, -0.2) is 24.7 Å². The van der Waals surface area contributed by atoms with E-state index in [4.69, 9.17) is 0 Å². The molecule has 1 aromatic heterocycles. The van der Waals surface area contributed by atoms with Crippen LogP contribution in [0, 0.1) is 6.92 Å². The summed E-state index contributed by atoms with van der Waals surface area (Å²) < 4.78 is 28.8. The lowest BCUT2D eigenvalue weighted by Gasteiger charge is -2.05. The van der Waals surface area contributed by atoms with Gasteiger partial charge in [-0.25, -0.2) is 13.1 Å². The number of unbranched alkanes of at least 4 members (excludes halogenated alkanes) is 7. The molecular formula is C16H31N3O2S. The minimum atomic E-state index is -3.42. The normalized spacial score (nSPS) is 12.0. The lowest BCUT2D eigenvalue weighted by Crippen LogP contribution is -2.25. The SMILES string of the molecule is CCCCCCCCCCNS(=O)(=O)c1cn(CC)nc1C. The lowest BCUT2D eigenvalue weighted by atomic mass is 10.1. The van der Waals surface area contributed by atoms with E-state index in [-0.39, 0.29) is 0 Å². The molecule has 22 heavy (non-hydrogen) atoms. The standard InChI is InChI=1S/C16H31N3O2S/c1-4-6-7-8-9-10-11-12-13-17-22(20,21)16-14-19(5-2)18-15(16)3/h14,17H,4-13H2,1-3H3. The molecule has 1 rings (SSSR count). The van der Waals surface area contributed by atoms with E-state index < -0.39 is 10.0 Å². The maximum atomic E-state index is 12.2. The van der Waals surface area contributed by atoms with E-state index in [2.05, 4.69) is 16.7 Å². The summed E-state index contributed by atoms with van der Waals surface area (Å²) in [6.07, 6.45) is 11.3. The molecule has 1 heterocycles. The Morgan fingerprint density at radius 2 is 1.64 bits per heavy atom. The van der Waals surface area contributed by atoms with Crippen LogP contribution in [0.1, 0.15) is 70.9 Å². The predicted molar refractivity (Wildman–Crippen MR) is 90.4 cm³/mol. The van der Waals surface area contributed by atoms with Crippen molar-refractivity contribution in [3.05, 3.63) is 11.9 Å². The quantitative estimate of drug-likeness (QED) is 0.596. The Balaban J connectivity index is 2.24. The van der Waals surface area contributed by atoms with Crippen molar-refractivity contribution in [2.24, 2.45) is 0 Å². The second-order valence-corrected chi connectivity index (χ2v) is 7.54. The zero-order valence-corrected chi connectivity index (χ0v) is 15.1. The van der Waals surface area contributed by atoms with Gasteiger partial charge in [0, 0.05) is 19.3 Å². The molecule has 0 saturated heterocycles. The van der Waals surface area contributed by atoms with E-state index in [9.17, 15) is 8.42 Å². The molecule has 0 saturated carbocycles. The fourth-order valence-electron chi connectivity index (χ4n) is 2.47. The predicted octanol–water partition coefficient (Wildman–Crippen LogP) is 3.63. The second-order valence-electron chi connectivity index (χ2n) is 5.81. The molecule has 6 heteroatoms. The van der Waals surface area contributed by atoms with E-state index in [0.29, 0.717) is 23.7 Å². The first-order chi connectivity index (χ1) is 10.5. The highest BCUT2D eigenvalue weighted by Gasteiger charge is 2.19. The maximum absolute atomic E-state index is 12.2. The Kier molecular flexibility index (Phi) is 8.71. The molecule has 0 aliphatic heterocycles. The van der Waals surface area contributed by atoms with Crippen LogP contribution >= 0.6 is 0 Å². The van der Waals surface area contributed by atoms with Gasteiger partial charge in [0.05, 0.1) is 5.69 Å². The summed E-state index contributed by atoms with van der Waals surface area (Å²) in [6.45, 7) is 7.08. The highest BCUT2D eigenvalue weighted by atomic mass is 32.2. The van der Waals surface area contributed by atoms with E-state index in [1.807, 2.05) is 6.92 Å². The van der Waals surface area contributed by atoms with Crippen LogP contribution in [0.15, 0.2) is 11.1 Å². The Morgan fingerprint density at radius 3 is 2.18 bits per heavy atom. The van der Waals surface area contributed by atoms with Gasteiger partial charge >= 0.3 is 0 Å². The Bertz CT molecular complexity index is 523. The number of aryl methyl sites for hydroxylation is 2. The third kappa shape index (κ3) is 6.48. The Hall–Kier alpha value is -0.880. The molecule has 0 radical (unpaired) electrons. The number of sulfonamides is 1. The van der Waals surface area contributed by atoms with E-state index in [0.717, 1.165) is 12.8 Å². The maximum Gasteiger partial charge on any atom is 0.243 e. The summed E-state index contributed by atoms with van der Waals surface area (Å²) in [5, 5.41) is 4.19. The zero-order valence-electron chi connectivity index (χ0n) is 14.3. The molecule has 1 aromatic rings. The van der Waals surface area contributed by atoms with Gasteiger partial charge < -0.3 is 0 Å². The number of hydrogen-bond acceptors (Lipinski definition) is 3. The van der Waals surface area contributed by atoms with E-state index >= 15 is 0 Å². The van der Waals surface area contributed by atoms with Crippen LogP contribution < -0.4 is 4.72 Å². The average Bonchev–Trinajstić information content (AvgIpc) is 2.87. The summed E-state index contributed by atoms with van der Waals surface area (Å²) >= 11 is 0. The van der Waals surface area contributed by atoms with Gasteiger partial charge in [-0.2, -0.15) is 5.10 Å². The molecular weight excluding hydrogens is 298 g/mol. The van der Waals surface area contributed by atoms with Crippen LogP contribution in [0.25, 0.3) is 0 Å². The van der Waals surface area contributed by atoms with Gasteiger partial charge in [0.25, 0.3) is 0 Å². The Morgan fingerprint density at radius 1 is 1.05 bits per heavy atom. The van der Waals surface area contributed by atoms with Gasteiger partial charge in [-0.1, -0.05) is 51.9 Å². The molecule has 0 aliphatic rings. The van der Waals surface area contributed by atoms with Crippen molar-refractivity contribution in [1.82, 2.24) is 14.5 Å². The number of aromatic nitrogens is 2. The summed E-state index contributed by atoms with van der Waals surface area (Å²) in [5.74, 6) is 0. The number of nitrogens with zero attached hydrogens (tertiary/aromatic N) is 2. The van der Waals surface area contributed by atoms with E-state index in [1.165, 1.54) is 38.5 Å². The van der Waals surface area contributed by atoms with Crippen LogP contribution in [0.5, 0.6) is 0 Å². The summed E-state index contributed by atoms with van der Waals surface area (Å²) in [6, 6.07) is 0. The van der Waals surface area contributed by atoms with Crippen molar-refractivity contribution in [3.8, 4) is 0 Å². The molecule has 0 bridgehead atoms. The molecule has 0 fully saturated rings. The highest BCUT2D eigenvalue weighted by molar-refractivity contribution is 7.89. The molecule has 0 aromatic carbocycles. The minimum absolute atomic E-state index is 0.300. The van der Waals surface area contributed by atoms with Gasteiger partial charge in [0.15, 0.2) is 0 Å². The third-order valence-electron chi connectivity index (χ3n) is 3.84. The highest BCUT2D eigenvalue weighted by Crippen LogP contribution is 2.13. The minimum Gasteiger partial charge on any atom is -0.271 e. The molecule has 0 aliphatic carbocycles. The van der Waals surface area contributed by atoms with Gasteiger partial charge in [-0.15, -0.1) is 0 Å². The number of rotatable bonds is 12. The monoisotopic (exact) mass is 329 g/mol. The second kappa shape index (κ2) is 10.0. The number of hydrogen-bond donors (Lipinski definition) is 1. The average molecular weight is 330 g/mol. The molecule has 128 valence electrons. The first-order valence-corrected chi connectivity index (χ1v) is 10.0. The first kappa shape index (κ1) is 19.2. The molecule has 0 atom stereocenters. The topological polar surface area (TPSA) is 64.0 Å². The lowest BCUT2D eigenvalue weighted by molar-refractivity contribution is 0.558. The van der Waals surface area contributed by atoms with E-state index in [1.54, 1.807) is 17.8 Å². The van der Waals surface area contributed by atoms with Crippen molar-refractivity contribution in [2.75, 3.05) is 6.54 Å². The summed E-state index contributed by atoms with van der Waals surface area (Å²) in [5.41, 5.74) is 0.560. The van der Waals surface area contributed by atoms with Crippen molar-refractivity contribution >= 4 is 10.0 Å². The van der Waals surface area contributed by atoms with Crippen molar-refractivity contribution < 1.29 is 8.42 Å². The first-order valence-electron chi connectivity index (χ1n) is 8.55. The zero-order chi connectivity index (χ0) is 16.4. The van der Waals surface area contributed by atoms with Gasteiger partial charge in [-0.05, 0) is 20.3 Å². The molecule has 0 spiro atoms. The third-order valence-corrected chi connectivity index (χ3v) is 5.40.